The number of carbonyl (C=O) groups excluding carboxylic acids is 1. The predicted octanol–water partition coefficient (Wildman–Crippen LogP) is 5.56. The first-order valence-corrected chi connectivity index (χ1v) is 12.6. The van der Waals surface area contributed by atoms with Crippen LogP contribution in [0.1, 0.15) is 38.7 Å². The third-order valence-electron chi connectivity index (χ3n) is 5.38. The number of benzene rings is 1. The third-order valence-corrected chi connectivity index (χ3v) is 8.65. The van der Waals surface area contributed by atoms with Crippen LogP contribution < -0.4 is 5.32 Å². The molecule has 34 heavy (non-hydrogen) atoms. The van der Waals surface area contributed by atoms with E-state index in [9.17, 15) is 20.0 Å². The summed E-state index contributed by atoms with van der Waals surface area (Å²) in [6, 6.07) is 15.2. The molecule has 0 saturated heterocycles. The average Bonchev–Trinajstić information content (AvgIpc) is 3.23. The van der Waals surface area contributed by atoms with Gasteiger partial charge < -0.3 is 9.84 Å². The molecule has 1 fully saturated rings. The first kappa shape index (κ1) is 22.1. The van der Waals surface area contributed by atoms with Crippen LogP contribution in [0.25, 0.3) is 9.40 Å². The Labute approximate surface area is 206 Å². The number of rotatable bonds is 5. The maximum atomic E-state index is 12.3. The van der Waals surface area contributed by atoms with Crippen molar-refractivity contribution in [2.24, 2.45) is 0 Å². The summed E-state index contributed by atoms with van der Waals surface area (Å²) in [5.74, 6) is 5.22. The number of aromatic nitrogens is 1. The third kappa shape index (κ3) is 4.27. The molecule has 4 aromatic rings. The molecule has 7 nitrogen and oxygen atoms in total. The van der Waals surface area contributed by atoms with Gasteiger partial charge in [0.15, 0.2) is 5.69 Å². The summed E-state index contributed by atoms with van der Waals surface area (Å²) < 4.78 is 10.5. The van der Waals surface area contributed by atoms with Gasteiger partial charge in [0.2, 0.25) is 0 Å². The number of ether oxygens (including phenoxy) is 1. The summed E-state index contributed by atoms with van der Waals surface area (Å²) in [5.41, 5.74) is 0.659. The van der Waals surface area contributed by atoms with Crippen molar-refractivity contribution in [3.05, 3.63) is 68.4 Å². The van der Waals surface area contributed by atoms with E-state index in [0.29, 0.717) is 18.5 Å². The van der Waals surface area contributed by atoms with Gasteiger partial charge in [0.1, 0.15) is 28.7 Å². The quantitative estimate of drug-likeness (QED) is 0.344. The number of fused-ring (bicyclic) bond motifs is 1. The fraction of sp³-hybridized carbons (Fsp3) is 0.167. The van der Waals surface area contributed by atoms with Crippen LogP contribution in [-0.4, -0.2) is 21.5 Å². The van der Waals surface area contributed by atoms with Gasteiger partial charge in [-0.1, -0.05) is 30.3 Å². The van der Waals surface area contributed by atoms with E-state index < -0.39 is 17.5 Å². The number of hydrogen-bond donors (Lipinski definition) is 2. The zero-order valence-corrected chi connectivity index (χ0v) is 19.9. The number of nitriles is 1. The fourth-order valence-corrected chi connectivity index (χ4v) is 6.51. The van der Waals surface area contributed by atoms with Crippen LogP contribution in [0, 0.1) is 23.2 Å². The van der Waals surface area contributed by atoms with Crippen LogP contribution in [0.5, 0.6) is 0 Å². The smallest absolute Gasteiger partial charge is 0.412 e. The molecule has 10 heteroatoms. The SMILES string of the molecule is N#Cc1snc(C#Cc2cc3cc(C4(C(=O)O)CC4)sc3s2)c1NC(=O)OCc1ccccc1. The van der Waals surface area contributed by atoms with Gasteiger partial charge in [-0.3, -0.25) is 10.1 Å². The summed E-state index contributed by atoms with van der Waals surface area (Å²) in [4.78, 5) is 25.8. The first-order valence-electron chi connectivity index (χ1n) is 10.2. The standard InChI is InChI=1S/C24H15N3O4S3/c25-12-18-20(26-23(30)31-13-14-4-2-1-3-5-14)17(27-34-18)7-6-16-10-15-11-19(33-21(15)32-16)24(8-9-24)22(28)29/h1-5,10-11H,8-9,13H2,(H,26,30)(H,28,29). The minimum atomic E-state index is -0.763. The van der Waals surface area contributed by atoms with Gasteiger partial charge in [0.05, 0.1) is 8.89 Å². The molecule has 0 unspecified atom stereocenters. The van der Waals surface area contributed by atoms with E-state index in [4.69, 9.17) is 4.74 Å². The summed E-state index contributed by atoms with van der Waals surface area (Å²) in [6.07, 6.45) is 0.662. The maximum absolute atomic E-state index is 12.3. The Balaban J connectivity index is 1.32. The largest absolute Gasteiger partial charge is 0.481 e. The van der Waals surface area contributed by atoms with Gasteiger partial charge in [-0.2, -0.15) is 9.64 Å². The zero-order valence-electron chi connectivity index (χ0n) is 17.5. The van der Waals surface area contributed by atoms with Crippen molar-refractivity contribution in [2.45, 2.75) is 24.9 Å². The molecular weight excluding hydrogens is 490 g/mol. The number of nitrogens with zero attached hydrogens (tertiary/aromatic N) is 2. The highest BCUT2D eigenvalue weighted by molar-refractivity contribution is 7.38. The number of carboxylic acid groups (broad SMARTS) is 1. The Morgan fingerprint density at radius 1 is 1.18 bits per heavy atom. The van der Waals surface area contributed by atoms with E-state index in [0.717, 1.165) is 36.3 Å². The molecule has 1 saturated carbocycles. The van der Waals surface area contributed by atoms with Crippen molar-refractivity contribution in [2.75, 3.05) is 5.32 Å². The minimum Gasteiger partial charge on any atom is -0.481 e. The summed E-state index contributed by atoms with van der Waals surface area (Å²) in [7, 11) is 0. The van der Waals surface area contributed by atoms with Crippen LogP contribution in [0.4, 0.5) is 10.5 Å². The molecule has 5 rings (SSSR count). The highest BCUT2D eigenvalue weighted by Gasteiger charge is 2.53. The predicted molar refractivity (Wildman–Crippen MR) is 131 cm³/mol. The number of thiophene rings is 2. The lowest BCUT2D eigenvalue weighted by Gasteiger charge is -2.06. The van der Waals surface area contributed by atoms with E-state index in [2.05, 4.69) is 21.5 Å². The summed E-state index contributed by atoms with van der Waals surface area (Å²) in [5, 5.41) is 22.5. The number of nitrogens with one attached hydrogen (secondary N) is 1. The normalized spacial score (nSPS) is 13.5. The Bertz CT molecular complexity index is 1480. The molecule has 0 radical (unpaired) electrons. The average molecular weight is 506 g/mol. The van der Waals surface area contributed by atoms with Crippen molar-refractivity contribution >= 4 is 61.4 Å². The van der Waals surface area contributed by atoms with Gasteiger partial charge >= 0.3 is 12.1 Å². The number of carboxylic acids is 1. The zero-order chi connectivity index (χ0) is 23.7. The molecule has 3 aromatic heterocycles. The van der Waals surface area contributed by atoms with Crippen LogP contribution in [0.2, 0.25) is 0 Å². The van der Waals surface area contributed by atoms with Crippen molar-refractivity contribution < 1.29 is 19.4 Å². The maximum Gasteiger partial charge on any atom is 0.412 e. The lowest BCUT2D eigenvalue weighted by Crippen LogP contribution is -2.17. The summed E-state index contributed by atoms with van der Waals surface area (Å²) in [6.45, 7) is 0.101. The van der Waals surface area contributed by atoms with E-state index in [1.165, 1.54) is 22.7 Å². The van der Waals surface area contributed by atoms with Crippen molar-refractivity contribution in [3.63, 3.8) is 0 Å². The van der Waals surface area contributed by atoms with Gasteiger partial charge in [-0.25, -0.2) is 4.79 Å². The topological polar surface area (TPSA) is 112 Å². The number of amides is 1. The van der Waals surface area contributed by atoms with Crippen LogP contribution >= 0.6 is 34.2 Å². The molecular formula is C24H15N3O4S3. The van der Waals surface area contributed by atoms with E-state index in [-0.39, 0.29) is 17.2 Å². The minimum absolute atomic E-state index is 0.101. The second-order valence-corrected chi connectivity index (χ2v) is 10.8. The Morgan fingerprint density at radius 3 is 2.65 bits per heavy atom. The Kier molecular flexibility index (Phi) is 5.80. The molecule has 0 bridgehead atoms. The number of anilines is 1. The molecule has 1 amide bonds. The Hall–Kier alpha value is -3.70. The van der Waals surface area contributed by atoms with E-state index in [1.54, 1.807) is 0 Å². The highest BCUT2D eigenvalue weighted by Crippen LogP contribution is 2.52. The monoisotopic (exact) mass is 505 g/mol. The van der Waals surface area contributed by atoms with Crippen LogP contribution in [-0.2, 0) is 21.6 Å². The lowest BCUT2D eigenvalue weighted by molar-refractivity contribution is -0.139. The first-order chi connectivity index (χ1) is 16.5. The molecule has 1 aromatic carbocycles. The molecule has 0 spiro atoms. The van der Waals surface area contributed by atoms with E-state index in [1.807, 2.05) is 48.5 Å². The Morgan fingerprint density at radius 2 is 1.97 bits per heavy atom. The fourth-order valence-electron chi connectivity index (χ4n) is 3.38. The highest BCUT2D eigenvalue weighted by atomic mass is 32.2. The number of hydrogen-bond acceptors (Lipinski definition) is 8. The second kappa shape index (κ2) is 8.92. The lowest BCUT2D eigenvalue weighted by atomic mass is 10.1. The van der Waals surface area contributed by atoms with Crippen LogP contribution in [0.15, 0.2) is 42.5 Å². The van der Waals surface area contributed by atoms with Crippen LogP contribution in [0.3, 0.4) is 0 Å². The van der Waals surface area contributed by atoms with Crippen molar-refractivity contribution in [1.29, 1.82) is 5.26 Å². The number of aliphatic carboxylic acids is 1. The van der Waals surface area contributed by atoms with Crippen molar-refractivity contribution in [3.8, 4) is 17.9 Å². The summed E-state index contributed by atoms with van der Waals surface area (Å²) >= 11 is 3.94. The molecule has 3 heterocycles. The van der Waals surface area contributed by atoms with Gasteiger partial charge in [0.25, 0.3) is 0 Å². The molecule has 0 aliphatic heterocycles. The number of carbonyl (C=O) groups is 2. The van der Waals surface area contributed by atoms with Gasteiger partial charge in [-0.15, -0.1) is 22.7 Å². The molecule has 1 aliphatic carbocycles. The second-order valence-electron chi connectivity index (χ2n) is 7.64. The molecule has 1 aliphatic rings. The molecule has 168 valence electrons. The van der Waals surface area contributed by atoms with E-state index >= 15 is 0 Å². The van der Waals surface area contributed by atoms with Gasteiger partial charge in [-0.05, 0) is 53.9 Å². The van der Waals surface area contributed by atoms with Crippen molar-refractivity contribution in [1.82, 2.24) is 4.37 Å². The molecule has 0 atom stereocenters. The molecule has 2 N–H and O–H groups in total. The van der Waals surface area contributed by atoms with Gasteiger partial charge in [0, 0.05) is 10.3 Å².